The SMILES string of the molecule is Cc1ccc(C(=O)NC2COCC2C(=O)O)cc1[N+](=O)[O-]. The first-order chi connectivity index (χ1) is 9.90. The van der Waals surface area contributed by atoms with E-state index < -0.39 is 28.8 Å². The number of benzene rings is 1. The number of carbonyl (C=O) groups is 2. The number of nitro groups is 1. The highest BCUT2D eigenvalue weighted by Crippen LogP contribution is 2.20. The third-order valence-electron chi connectivity index (χ3n) is 3.38. The van der Waals surface area contributed by atoms with Crippen LogP contribution >= 0.6 is 0 Å². The fourth-order valence-corrected chi connectivity index (χ4v) is 2.14. The minimum Gasteiger partial charge on any atom is -0.481 e. The van der Waals surface area contributed by atoms with Gasteiger partial charge in [-0.1, -0.05) is 6.07 Å². The number of carboxylic acids is 1. The third kappa shape index (κ3) is 3.16. The first-order valence-electron chi connectivity index (χ1n) is 6.26. The van der Waals surface area contributed by atoms with E-state index in [1.807, 2.05) is 0 Å². The predicted molar refractivity (Wildman–Crippen MR) is 71.0 cm³/mol. The summed E-state index contributed by atoms with van der Waals surface area (Å²) >= 11 is 0. The van der Waals surface area contributed by atoms with E-state index in [0.717, 1.165) is 0 Å². The zero-order valence-corrected chi connectivity index (χ0v) is 11.2. The van der Waals surface area contributed by atoms with Crippen LogP contribution in [-0.4, -0.2) is 41.2 Å². The number of rotatable bonds is 4. The maximum absolute atomic E-state index is 12.1. The van der Waals surface area contributed by atoms with Crippen LogP contribution in [0.15, 0.2) is 18.2 Å². The zero-order valence-electron chi connectivity index (χ0n) is 11.2. The maximum atomic E-state index is 12.1. The molecule has 2 rings (SSSR count). The number of nitro benzene ring substituents is 1. The smallest absolute Gasteiger partial charge is 0.311 e. The summed E-state index contributed by atoms with van der Waals surface area (Å²) < 4.78 is 5.05. The van der Waals surface area contributed by atoms with Crippen molar-refractivity contribution in [2.24, 2.45) is 5.92 Å². The summed E-state index contributed by atoms with van der Waals surface area (Å²) in [6.07, 6.45) is 0. The molecular formula is C13H14N2O6. The highest BCUT2D eigenvalue weighted by atomic mass is 16.6. The monoisotopic (exact) mass is 294 g/mol. The Hall–Kier alpha value is -2.48. The van der Waals surface area contributed by atoms with Gasteiger partial charge in [-0.15, -0.1) is 0 Å². The Bertz CT molecular complexity index is 600. The molecular weight excluding hydrogens is 280 g/mol. The van der Waals surface area contributed by atoms with Crippen LogP contribution in [0.3, 0.4) is 0 Å². The van der Waals surface area contributed by atoms with Gasteiger partial charge in [0.05, 0.1) is 24.2 Å². The second-order valence-corrected chi connectivity index (χ2v) is 4.82. The van der Waals surface area contributed by atoms with E-state index >= 15 is 0 Å². The van der Waals surface area contributed by atoms with Gasteiger partial charge in [-0.3, -0.25) is 19.7 Å². The Morgan fingerprint density at radius 1 is 1.43 bits per heavy atom. The van der Waals surface area contributed by atoms with Crippen LogP contribution in [0.5, 0.6) is 0 Å². The number of hydrogen-bond acceptors (Lipinski definition) is 5. The number of ether oxygens (including phenoxy) is 1. The number of aliphatic carboxylic acids is 1. The average molecular weight is 294 g/mol. The molecule has 8 heteroatoms. The highest BCUT2D eigenvalue weighted by molar-refractivity contribution is 5.95. The van der Waals surface area contributed by atoms with Gasteiger partial charge in [-0.25, -0.2) is 0 Å². The van der Waals surface area contributed by atoms with Crippen molar-refractivity contribution in [3.8, 4) is 0 Å². The van der Waals surface area contributed by atoms with Crippen molar-refractivity contribution in [1.82, 2.24) is 5.32 Å². The lowest BCUT2D eigenvalue weighted by Gasteiger charge is -2.15. The second kappa shape index (κ2) is 5.88. The summed E-state index contributed by atoms with van der Waals surface area (Å²) in [5.41, 5.74) is 0.410. The number of nitrogens with one attached hydrogen (secondary N) is 1. The number of aryl methyl sites for hydroxylation is 1. The van der Waals surface area contributed by atoms with Crippen molar-refractivity contribution < 1.29 is 24.4 Å². The van der Waals surface area contributed by atoms with Crippen molar-refractivity contribution in [1.29, 1.82) is 0 Å². The fourth-order valence-electron chi connectivity index (χ4n) is 2.14. The molecule has 1 saturated heterocycles. The van der Waals surface area contributed by atoms with Gasteiger partial charge in [0.1, 0.15) is 5.92 Å². The van der Waals surface area contributed by atoms with Gasteiger partial charge in [0.15, 0.2) is 0 Å². The lowest BCUT2D eigenvalue weighted by atomic mass is 10.0. The molecule has 2 atom stereocenters. The van der Waals surface area contributed by atoms with Crippen LogP contribution in [0, 0.1) is 23.0 Å². The quantitative estimate of drug-likeness (QED) is 0.624. The van der Waals surface area contributed by atoms with Crippen molar-refractivity contribution >= 4 is 17.6 Å². The van der Waals surface area contributed by atoms with Gasteiger partial charge < -0.3 is 15.2 Å². The molecule has 0 saturated carbocycles. The zero-order chi connectivity index (χ0) is 15.6. The minimum absolute atomic E-state index is 0.0360. The molecule has 1 heterocycles. The Morgan fingerprint density at radius 2 is 2.14 bits per heavy atom. The standard InChI is InChI=1S/C13H14N2O6/c1-7-2-3-8(4-11(7)15(19)20)12(16)14-10-6-21-5-9(10)13(17)18/h2-4,9-10H,5-6H2,1H3,(H,14,16)(H,17,18). The molecule has 1 fully saturated rings. The molecule has 21 heavy (non-hydrogen) atoms. The molecule has 1 amide bonds. The van der Waals surface area contributed by atoms with E-state index in [4.69, 9.17) is 9.84 Å². The lowest BCUT2D eigenvalue weighted by Crippen LogP contribution is -2.42. The maximum Gasteiger partial charge on any atom is 0.311 e. The van der Waals surface area contributed by atoms with Gasteiger partial charge in [0, 0.05) is 17.2 Å². The molecule has 112 valence electrons. The summed E-state index contributed by atoms with van der Waals surface area (Å²) in [4.78, 5) is 33.4. The largest absolute Gasteiger partial charge is 0.481 e. The van der Waals surface area contributed by atoms with Crippen LogP contribution in [0.1, 0.15) is 15.9 Å². The molecule has 0 bridgehead atoms. The molecule has 0 spiro atoms. The van der Waals surface area contributed by atoms with Crippen LogP contribution in [0.25, 0.3) is 0 Å². The van der Waals surface area contributed by atoms with Crippen LogP contribution in [0.2, 0.25) is 0 Å². The number of nitrogens with zero attached hydrogens (tertiary/aromatic N) is 1. The van der Waals surface area contributed by atoms with E-state index in [9.17, 15) is 19.7 Å². The van der Waals surface area contributed by atoms with Crippen molar-refractivity contribution in [3.05, 3.63) is 39.4 Å². The molecule has 2 unspecified atom stereocenters. The third-order valence-corrected chi connectivity index (χ3v) is 3.38. The second-order valence-electron chi connectivity index (χ2n) is 4.82. The fraction of sp³-hybridized carbons (Fsp3) is 0.385. The van der Waals surface area contributed by atoms with Crippen molar-refractivity contribution in [2.45, 2.75) is 13.0 Å². The minimum atomic E-state index is -1.05. The summed E-state index contributed by atoms with van der Waals surface area (Å²) in [5.74, 6) is -2.41. The predicted octanol–water partition coefficient (Wildman–Crippen LogP) is 0.733. The summed E-state index contributed by atoms with van der Waals surface area (Å²) in [6, 6.07) is 3.47. The first-order valence-corrected chi connectivity index (χ1v) is 6.26. The van der Waals surface area contributed by atoms with Crippen molar-refractivity contribution in [2.75, 3.05) is 13.2 Å². The Morgan fingerprint density at radius 3 is 2.76 bits per heavy atom. The topological polar surface area (TPSA) is 119 Å². The normalized spacial score (nSPS) is 21.0. The summed E-state index contributed by atoms with van der Waals surface area (Å²) in [5, 5.41) is 22.4. The molecule has 1 aliphatic heterocycles. The number of carboxylic acid groups (broad SMARTS) is 1. The molecule has 1 aromatic rings. The average Bonchev–Trinajstić information content (AvgIpc) is 2.87. The van der Waals surface area contributed by atoms with E-state index in [0.29, 0.717) is 5.56 Å². The molecule has 0 aromatic heterocycles. The molecule has 1 aliphatic rings. The van der Waals surface area contributed by atoms with E-state index in [2.05, 4.69) is 5.32 Å². The van der Waals surface area contributed by atoms with Crippen LogP contribution in [0.4, 0.5) is 5.69 Å². The molecule has 0 radical (unpaired) electrons. The van der Waals surface area contributed by atoms with Gasteiger partial charge >= 0.3 is 5.97 Å². The van der Waals surface area contributed by atoms with Crippen molar-refractivity contribution in [3.63, 3.8) is 0 Å². The Labute approximate surface area is 119 Å². The highest BCUT2D eigenvalue weighted by Gasteiger charge is 2.35. The molecule has 8 nitrogen and oxygen atoms in total. The van der Waals surface area contributed by atoms with Gasteiger partial charge in [0.2, 0.25) is 0 Å². The van der Waals surface area contributed by atoms with Gasteiger partial charge in [-0.05, 0) is 13.0 Å². The van der Waals surface area contributed by atoms with Crippen LogP contribution in [-0.2, 0) is 9.53 Å². The molecule has 2 N–H and O–H groups in total. The molecule has 0 aliphatic carbocycles. The Kier molecular flexibility index (Phi) is 4.18. The summed E-state index contributed by atoms with van der Waals surface area (Å²) in [6.45, 7) is 1.72. The van der Waals surface area contributed by atoms with E-state index in [1.165, 1.54) is 18.2 Å². The van der Waals surface area contributed by atoms with Gasteiger partial charge in [0.25, 0.3) is 11.6 Å². The van der Waals surface area contributed by atoms with Gasteiger partial charge in [-0.2, -0.15) is 0 Å². The van der Waals surface area contributed by atoms with Crippen LogP contribution < -0.4 is 5.32 Å². The lowest BCUT2D eigenvalue weighted by molar-refractivity contribution is -0.385. The number of hydrogen-bond donors (Lipinski definition) is 2. The number of carbonyl (C=O) groups excluding carboxylic acids is 1. The van der Waals surface area contributed by atoms with E-state index in [-0.39, 0.29) is 24.5 Å². The Balaban J connectivity index is 2.15. The first kappa shape index (κ1) is 14.9. The number of amides is 1. The van der Waals surface area contributed by atoms with E-state index in [1.54, 1.807) is 6.92 Å². The molecule has 1 aromatic carbocycles. The summed E-state index contributed by atoms with van der Waals surface area (Å²) in [7, 11) is 0.